The van der Waals surface area contributed by atoms with E-state index in [1.54, 1.807) is 0 Å². The van der Waals surface area contributed by atoms with Gasteiger partial charge in [0.25, 0.3) is 0 Å². The van der Waals surface area contributed by atoms with Gasteiger partial charge in [-0.25, -0.2) is 4.39 Å². The Hall–Kier alpha value is -1.34. The summed E-state index contributed by atoms with van der Waals surface area (Å²) >= 11 is 0. The molecule has 1 aromatic rings. The van der Waals surface area contributed by atoms with E-state index in [-0.39, 0.29) is 5.56 Å². The topological polar surface area (TPSA) is 55.5 Å². The normalized spacial score (nSPS) is 15.5. The number of aliphatic hydroxyl groups excluding tert-OH is 1. The fourth-order valence-corrected chi connectivity index (χ4v) is 1.21. The third kappa shape index (κ3) is 3.86. The fraction of sp³-hybridized carbons (Fsp3) is 0.400. The highest BCUT2D eigenvalue weighted by Crippen LogP contribution is 2.28. The third-order valence-corrected chi connectivity index (χ3v) is 2.02. The van der Waals surface area contributed by atoms with E-state index in [4.69, 9.17) is 5.73 Å². The van der Waals surface area contributed by atoms with Crippen molar-refractivity contribution >= 4 is 0 Å². The van der Waals surface area contributed by atoms with Gasteiger partial charge >= 0.3 is 6.36 Å². The summed E-state index contributed by atoms with van der Waals surface area (Å²) in [6.45, 7) is 1.49. The molecule has 0 aliphatic heterocycles. The Morgan fingerprint density at radius 1 is 1.35 bits per heavy atom. The van der Waals surface area contributed by atoms with Crippen LogP contribution >= 0.6 is 0 Å². The summed E-state index contributed by atoms with van der Waals surface area (Å²) in [5, 5.41) is 9.49. The van der Waals surface area contributed by atoms with Gasteiger partial charge in [0.1, 0.15) is 0 Å². The van der Waals surface area contributed by atoms with Gasteiger partial charge in [-0.2, -0.15) is 0 Å². The van der Waals surface area contributed by atoms with Crippen molar-refractivity contribution in [1.29, 1.82) is 0 Å². The van der Waals surface area contributed by atoms with Crippen LogP contribution in [0.1, 0.15) is 18.6 Å². The highest BCUT2D eigenvalue weighted by Gasteiger charge is 2.32. The van der Waals surface area contributed by atoms with Gasteiger partial charge < -0.3 is 15.6 Å². The molecule has 1 rings (SSSR count). The Balaban J connectivity index is 2.94. The molecule has 0 unspecified atom stereocenters. The molecule has 1 aromatic carbocycles. The van der Waals surface area contributed by atoms with Crippen LogP contribution < -0.4 is 10.5 Å². The van der Waals surface area contributed by atoms with Gasteiger partial charge in [0, 0.05) is 6.04 Å². The molecule has 0 saturated heterocycles. The molecule has 0 aliphatic carbocycles. The van der Waals surface area contributed by atoms with Crippen LogP contribution in [0.15, 0.2) is 18.2 Å². The summed E-state index contributed by atoms with van der Waals surface area (Å²) in [4.78, 5) is 0. The van der Waals surface area contributed by atoms with E-state index in [0.29, 0.717) is 0 Å². The molecule has 0 heterocycles. The number of hydrogen-bond donors (Lipinski definition) is 2. The summed E-state index contributed by atoms with van der Waals surface area (Å²) in [6.07, 6.45) is -6.10. The first-order valence-corrected chi connectivity index (χ1v) is 4.69. The number of alkyl halides is 3. The molecule has 0 spiro atoms. The van der Waals surface area contributed by atoms with Crippen LogP contribution in [0.25, 0.3) is 0 Å². The monoisotopic (exact) mass is 253 g/mol. The first kappa shape index (κ1) is 13.7. The zero-order chi connectivity index (χ0) is 13.2. The van der Waals surface area contributed by atoms with Crippen molar-refractivity contribution in [2.75, 3.05) is 0 Å². The van der Waals surface area contributed by atoms with Crippen LogP contribution in [0.2, 0.25) is 0 Å². The Bertz CT molecular complexity index is 392. The smallest absolute Gasteiger partial charge is 0.403 e. The number of aliphatic hydroxyl groups is 1. The van der Waals surface area contributed by atoms with E-state index in [0.717, 1.165) is 18.2 Å². The molecule has 0 aliphatic rings. The van der Waals surface area contributed by atoms with Crippen LogP contribution in [0, 0.1) is 5.82 Å². The highest BCUT2D eigenvalue weighted by molar-refractivity contribution is 5.31. The molecule has 3 N–H and O–H groups in total. The van der Waals surface area contributed by atoms with E-state index < -0.39 is 30.1 Å². The second-order valence-electron chi connectivity index (χ2n) is 3.54. The number of halogens is 4. The highest BCUT2D eigenvalue weighted by atomic mass is 19.4. The average molecular weight is 253 g/mol. The van der Waals surface area contributed by atoms with Crippen molar-refractivity contribution in [2.45, 2.75) is 25.4 Å². The maximum Gasteiger partial charge on any atom is 0.573 e. The van der Waals surface area contributed by atoms with Crippen LogP contribution in [-0.4, -0.2) is 17.5 Å². The molecule has 0 saturated carbocycles. The van der Waals surface area contributed by atoms with Crippen molar-refractivity contribution in [2.24, 2.45) is 5.73 Å². The Kier molecular flexibility index (Phi) is 3.94. The quantitative estimate of drug-likeness (QED) is 0.811. The van der Waals surface area contributed by atoms with Crippen molar-refractivity contribution in [3.63, 3.8) is 0 Å². The van der Waals surface area contributed by atoms with E-state index in [9.17, 15) is 22.7 Å². The van der Waals surface area contributed by atoms with Gasteiger partial charge in [0.2, 0.25) is 0 Å². The SMILES string of the molecule is C[C@H](N)[C@H](O)c1ccc(OC(F)(F)F)c(F)c1. The first-order chi connectivity index (χ1) is 7.70. The minimum atomic E-state index is -4.96. The Morgan fingerprint density at radius 3 is 2.35 bits per heavy atom. The van der Waals surface area contributed by atoms with Crippen molar-refractivity contribution in [3.05, 3.63) is 29.6 Å². The lowest BCUT2D eigenvalue weighted by molar-refractivity contribution is -0.275. The maximum atomic E-state index is 13.2. The van der Waals surface area contributed by atoms with Gasteiger partial charge in [-0.05, 0) is 24.6 Å². The molecule has 2 atom stereocenters. The molecular weight excluding hydrogens is 242 g/mol. The summed E-state index contributed by atoms with van der Waals surface area (Å²) in [5.74, 6) is -2.15. The number of benzene rings is 1. The predicted octanol–water partition coefficient (Wildman–Crippen LogP) is 2.10. The fourth-order valence-electron chi connectivity index (χ4n) is 1.21. The summed E-state index contributed by atoms with van der Waals surface area (Å²) < 4.78 is 52.2. The molecule has 3 nitrogen and oxygen atoms in total. The van der Waals surface area contributed by atoms with Crippen molar-refractivity contribution < 1.29 is 27.4 Å². The molecular formula is C10H11F4NO2. The lowest BCUT2D eigenvalue weighted by Crippen LogP contribution is -2.24. The lowest BCUT2D eigenvalue weighted by atomic mass is 10.0. The Labute approximate surface area is 94.8 Å². The molecule has 0 bridgehead atoms. The van der Waals surface area contributed by atoms with E-state index in [1.165, 1.54) is 6.92 Å². The third-order valence-electron chi connectivity index (χ3n) is 2.02. The molecule has 0 radical (unpaired) electrons. The molecule has 0 amide bonds. The summed E-state index contributed by atoms with van der Waals surface area (Å²) in [5.41, 5.74) is 5.46. The van der Waals surface area contributed by atoms with E-state index in [1.807, 2.05) is 0 Å². The zero-order valence-electron chi connectivity index (χ0n) is 8.83. The average Bonchev–Trinajstić information content (AvgIpc) is 2.18. The molecule has 7 heteroatoms. The van der Waals surface area contributed by atoms with Crippen LogP contribution in [-0.2, 0) is 0 Å². The number of rotatable bonds is 3. The van der Waals surface area contributed by atoms with E-state index >= 15 is 0 Å². The van der Waals surface area contributed by atoms with Crippen molar-refractivity contribution in [1.82, 2.24) is 0 Å². The zero-order valence-corrected chi connectivity index (χ0v) is 8.83. The number of ether oxygens (including phenoxy) is 1. The van der Waals surface area contributed by atoms with Crippen LogP contribution in [0.4, 0.5) is 17.6 Å². The number of nitrogens with two attached hydrogens (primary N) is 1. The Morgan fingerprint density at radius 2 is 1.94 bits per heavy atom. The minimum Gasteiger partial charge on any atom is -0.403 e. The van der Waals surface area contributed by atoms with Gasteiger partial charge in [-0.15, -0.1) is 13.2 Å². The second kappa shape index (κ2) is 4.89. The van der Waals surface area contributed by atoms with Crippen LogP contribution in [0.5, 0.6) is 5.75 Å². The lowest BCUT2D eigenvalue weighted by Gasteiger charge is -2.16. The largest absolute Gasteiger partial charge is 0.573 e. The molecule has 0 fully saturated rings. The van der Waals surface area contributed by atoms with Crippen LogP contribution in [0.3, 0.4) is 0 Å². The molecule has 17 heavy (non-hydrogen) atoms. The second-order valence-corrected chi connectivity index (χ2v) is 3.54. The molecule has 96 valence electrons. The van der Waals surface area contributed by atoms with Gasteiger partial charge in [0.05, 0.1) is 6.10 Å². The maximum absolute atomic E-state index is 13.2. The standard InChI is InChI=1S/C10H11F4NO2/c1-5(15)9(16)6-2-3-8(7(11)4-6)17-10(12,13)14/h2-5,9,16H,15H2,1H3/t5-,9-/m0/s1. The first-order valence-electron chi connectivity index (χ1n) is 4.69. The summed E-state index contributed by atoms with van der Waals surface area (Å²) in [6, 6.07) is 2.01. The van der Waals surface area contributed by atoms with Gasteiger partial charge in [-0.1, -0.05) is 6.07 Å². The van der Waals surface area contributed by atoms with Gasteiger partial charge in [-0.3, -0.25) is 0 Å². The number of hydrogen-bond acceptors (Lipinski definition) is 3. The van der Waals surface area contributed by atoms with Crippen molar-refractivity contribution in [3.8, 4) is 5.75 Å². The molecule has 0 aromatic heterocycles. The van der Waals surface area contributed by atoms with Gasteiger partial charge in [0.15, 0.2) is 11.6 Å². The predicted molar refractivity (Wildman–Crippen MR) is 51.7 cm³/mol. The summed E-state index contributed by atoms with van der Waals surface area (Å²) in [7, 11) is 0. The minimum absolute atomic E-state index is 0.0898. The van der Waals surface area contributed by atoms with E-state index in [2.05, 4.69) is 4.74 Å².